The average Bonchev–Trinajstić information content (AvgIpc) is 2.59. The first-order chi connectivity index (χ1) is 9.75. The minimum atomic E-state index is -0.381. The van der Waals surface area contributed by atoms with Gasteiger partial charge in [-0.25, -0.2) is 4.79 Å². The minimum Gasteiger partial charge on any atom is -0.399 e. The summed E-state index contributed by atoms with van der Waals surface area (Å²) in [5.74, 6) is 0. The standard InChI is InChI=1S/C15H23BN2O3/c1-6-17-13(19)18-12-9-7-11(8-10-12)16-20-14(2,3)15(4,5)21-16/h7-10H,6H2,1-5H3,(H2,17,18,19). The summed E-state index contributed by atoms with van der Waals surface area (Å²) in [5.41, 5.74) is 0.974. The van der Waals surface area contributed by atoms with Crippen molar-refractivity contribution in [3.05, 3.63) is 24.3 Å². The molecule has 1 heterocycles. The van der Waals surface area contributed by atoms with Crippen molar-refractivity contribution < 1.29 is 14.1 Å². The summed E-state index contributed by atoms with van der Waals surface area (Å²) >= 11 is 0. The van der Waals surface area contributed by atoms with Gasteiger partial charge in [-0.15, -0.1) is 0 Å². The molecule has 2 N–H and O–H groups in total. The SMILES string of the molecule is CCNC(=O)Nc1ccc(B2OC(C)(C)C(C)(C)O2)cc1. The predicted octanol–water partition coefficient (Wildman–Crippen LogP) is 2.13. The second kappa shape index (κ2) is 5.69. The predicted molar refractivity (Wildman–Crippen MR) is 84.9 cm³/mol. The van der Waals surface area contributed by atoms with Crippen LogP contribution in [-0.4, -0.2) is 30.9 Å². The quantitative estimate of drug-likeness (QED) is 0.838. The first-order valence-corrected chi connectivity index (χ1v) is 7.25. The Morgan fingerprint density at radius 2 is 1.62 bits per heavy atom. The molecule has 0 radical (unpaired) electrons. The van der Waals surface area contributed by atoms with E-state index < -0.39 is 0 Å². The van der Waals surface area contributed by atoms with E-state index in [1.807, 2.05) is 58.9 Å². The maximum Gasteiger partial charge on any atom is 0.494 e. The lowest BCUT2D eigenvalue weighted by Gasteiger charge is -2.32. The van der Waals surface area contributed by atoms with Gasteiger partial charge in [-0.2, -0.15) is 0 Å². The van der Waals surface area contributed by atoms with Gasteiger partial charge in [-0.05, 0) is 52.2 Å². The van der Waals surface area contributed by atoms with Gasteiger partial charge in [0.25, 0.3) is 0 Å². The second-order valence-electron chi connectivity index (χ2n) is 6.19. The molecular weight excluding hydrogens is 267 g/mol. The zero-order valence-electron chi connectivity index (χ0n) is 13.3. The third-order valence-corrected chi connectivity index (χ3v) is 4.03. The number of nitrogens with one attached hydrogen (secondary N) is 2. The third kappa shape index (κ3) is 3.39. The van der Waals surface area contributed by atoms with Crippen LogP contribution in [0.1, 0.15) is 34.6 Å². The smallest absolute Gasteiger partial charge is 0.399 e. The fraction of sp³-hybridized carbons (Fsp3) is 0.533. The Hall–Kier alpha value is -1.53. The molecule has 1 fully saturated rings. The van der Waals surface area contributed by atoms with Crippen molar-refractivity contribution in [3.63, 3.8) is 0 Å². The lowest BCUT2D eigenvalue weighted by atomic mass is 9.79. The van der Waals surface area contributed by atoms with Crippen LogP contribution in [-0.2, 0) is 9.31 Å². The van der Waals surface area contributed by atoms with E-state index in [2.05, 4.69) is 10.6 Å². The molecule has 1 aliphatic heterocycles. The normalized spacial score (nSPS) is 19.4. The van der Waals surface area contributed by atoms with E-state index in [-0.39, 0.29) is 24.4 Å². The van der Waals surface area contributed by atoms with E-state index in [1.165, 1.54) is 0 Å². The number of carbonyl (C=O) groups excluding carboxylic acids is 1. The molecule has 1 aromatic rings. The highest BCUT2D eigenvalue weighted by Crippen LogP contribution is 2.36. The van der Waals surface area contributed by atoms with E-state index in [9.17, 15) is 4.79 Å². The van der Waals surface area contributed by atoms with Gasteiger partial charge in [-0.1, -0.05) is 12.1 Å². The topological polar surface area (TPSA) is 59.6 Å². The molecule has 0 bridgehead atoms. The summed E-state index contributed by atoms with van der Waals surface area (Å²) in [4.78, 5) is 11.5. The van der Waals surface area contributed by atoms with Crippen LogP contribution in [0.2, 0.25) is 0 Å². The van der Waals surface area contributed by atoms with E-state index in [4.69, 9.17) is 9.31 Å². The number of rotatable bonds is 3. The lowest BCUT2D eigenvalue weighted by molar-refractivity contribution is 0.00578. The maximum absolute atomic E-state index is 11.5. The third-order valence-electron chi connectivity index (χ3n) is 4.03. The van der Waals surface area contributed by atoms with Crippen LogP contribution in [0, 0.1) is 0 Å². The van der Waals surface area contributed by atoms with Gasteiger partial charge in [0, 0.05) is 12.2 Å². The second-order valence-corrected chi connectivity index (χ2v) is 6.19. The number of urea groups is 1. The van der Waals surface area contributed by atoms with Crippen molar-refractivity contribution in [2.45, 2.75) is 45.8 Å². The highest BCUT2D eigenvalue weighted by Gasteiger charge is 2.51. The van der Waals surface area contributed by atoms with Crippen molar-refractivity contribution in [2.75, 3.05) is 11.9 Å². The van der Waals surface area contributed by atoms with Crippen LogP contribution < -0.4 is 16.1 Å². The summed E-state index contributed by atoms with van der Waals surface area (Å²) in [7, 11) is -0.381. The highest BCUT2D eigenvalue weighted by molar-refractivity contribution is 6.62. The molecule has 0 aliphatic carbocycles. The van der Waals surface area contributed by atoms with Gasteiger partial charge in [0.05, 0.1) is 11.2 Å². The Morgan fingerprint density at radius 1 is 1.10 bits per heavy atom. The maximum atomic E-state index is 11.5. The molecule has 2 rings (SSSR count). The van der Waals surface area contributed by atoms with E-state index >= 15 is 0 Å². The molecule has 1 aromatic carbocycles. The molecule has 1 saturated heterocycles. The molecule has 2 amide bonds. The largest absolute Gasteiger partial charge is 0.494 e. The van der Waals surface area contributed by atoms with E-state index in [0.29, 0.717) is 6.54 Å². The fourth-order valence-electron chi connectivity index (χ4n) is 2.04. The monoisotopic (exact) mass is 290 g/mol. The number of anilines is 1. The van der Waals surface area contributed by atoms with Gasteiger partial charge in [0.2, 0.25) is 0 Å². The number of hydrogen-bond donors (Lipinski definition) is 2. The van der Waals surface area contributed by atoms with E-state index in [1.54, 1.807) is 0 Å². The molecule has 0 saturated carbocycles. The van der Waals surface area contributed by atoms with Crippen LogP contribution in [0.4, 0.5) is 10.5 Å². The molecule has 0 spiro atoms. The fourth-order valence-corrected chi connectivity index (χ4v) is 2.04. The summed E-state index contributed by atoms with van der Waals surface area (Å²) in [6, 6.07) is 7.29. The highest BCUT2D eigenvalue weighted by atomic mass is 16.7. The minimum absolute atomic E-state index is 0.208. The Labute approximate surface area is 126 Å². The number of benzene rings is 1. The Bertz CT molecular complexity index is 498. The average molecular weight is 290 g/mol. The van der Waals surface area contributed by atoms with E-state index in [0.717, 1.165) is 11.2 Å². The van der Waals surface area contributed by atoms with Crippen molar-refractivity contribution in [1.82, 2.24) is 5.32 Å². The summed E-state index contributed by atoms with van der Waals surface area (Å²) in [5, 5.41) is 5.45. The first-order valence-electron chi connectivity index (χ1n) is 7.25. The van der Waals surface area contributed by atoms with Gasteiger partial charge < -0.3 is 19.9 Å². The number of hydrogen-bond acceptors (Lipinski definition) is 3. The Morgan fingerprint density at radius 3 is 2.10 bits per heavy atom. The zero-order valence-corrected chi connectivity index (χ0v) is 13.3. The zero-order chi connectivity index (χ0) is 15.7. The Kier molecular flexibility index (Phi) is 4.30. The molecular formula is C15H23BN2O3. The van der Waals surface area contributed by atoms with Crippen LogP contribution in [0.3, 0.4) is 0 Å². The lowest BCUT2D eigenvalue weighted by Crippen LogP contribution is -2.41. The van der Waals surface area contributed by atoms with Crippen molar-refractivity contribution in [1.29, 1.82) is 0 Å². The van der Waals surface area contributed by atoms with Gasteiger partial charge in [0.15, 0.2) is 0 Å². The van der Waals surface area contributed by atoms with Crippen LogP contribution >= 0.6 is 0 Å². The first kappa shape index (κ1) is 15.9. The molecule has 6 heteroatoms. The molecule has 1 aliphatic rings. The van der Waals surface area contributed by atoms with Gasteiger partial charge in [-0.3, -0.25) is 0 Å². The Balaban J connectivity index is 2.05. The van der Waals surface area contributed by atoms with Crippen molar-refractivity contribution in [2.24, 2.45) is 0 Å². The van der Waals surface area contributed by atoms with Crippen molar-refractivity contribution in [3.8, 4) is 0 Å². The molecule has 21 heavy (non-hydrogen) atoms. The molecule has 0 aromatic heterocycles. The molecule has 114 valence electrons. The van der Waals surface area contributed by atoms with Crippen LogP contribution in [0.5, 0.6) is 0 Å². The van der Waals surface area contributed by atoms with Crippen LogP contribution in [0.15, 0.2) is 24.3 Å². The summed E-state index contributed by atoms with van der Waals surface area (Å²) in [6.07, 6.45) is 0. The number of amides is 2. The number of carbonyl (C=O) groups is 1. The summed E-state index contributed by atoms with van der Waals surface area (Å²) in [6.45, 7) is 10.6. The van der Waals surface area contributed by atoms with Crippen molar-refractivity contribution >= 4 is 24.3 Å². The van der Waals surface area contributed by atoms with Gasteiger partial charge >= 0.3 is 13.1 Å². The molecule has 0 unspecified atom stereocenters. The molecule has 5 nitrogen and oxygen atoms in total. The van der Waals surface area contributed by atoms with Gasteiger partial charge in [0.1, 0.15) is 0 Å². The molecule has 0 atom stereocenters. The summed E-state index contributed by atoms with van der Waals surface area (Å²) < 4.78 is 12.0. The van der Waals surface area contributed by atoms with Crippen LogP contribution in [0.25, 0.3) is 0 Å².